The van der Waals surface area contributed by atoms with E-state index in [0.717, 1.165) is 31.0 Å². The molecule has 0 spiro atoms. The number of anilines is 1. The molecule has 106 valence electrons. The van der Waals surface area contributed by atoms with Gasteiger partial charge in [-0.15, -0.1) is 0 Å². The van der Waals surface area contributed by atoms with Gasteiger partial charge in [0.25, 0.3) is 0 Å². The summed E-state index contributed by atoms with van der Waals surface area (Å²) in [6.07, 6.45) is 4.64. The van der Waals surface area contributed by atoms with Gasteiger partial charge in [-0.25, -0.2) is 9.59 Å². The van der Waals surface area contributed by atoms with E-state index in [2.05, 4.69) is 5.32 Å². The van der Waals surface area contributed by atoms with Gasteiger partial charge in [0.2, 0.25) is 0 Å². The van der Waals surface area contributed by atoms with Crippen LogP contribution in [0.2, 0.25) is 0 Å². The van der Waals surface area contributed by atoms with Crippen LogP contribution in [0, 0.1) is 0 Å². The second-order valence-corrected chi connectivity index (χ2v) is 4.91. The molecule has 0 aliphatic carbocycles. The van der Waals surface area contributed by atoms with Crippen molar-refractivity contribution in [2.75, 3.05) is 11.9 Å². The van der Waals surface area contributed by atoms with Crippen LogP contribution in [0.25, 0.3) is 6.08 Å². The molecule has 1 saturated heterocycles. The molecule has 1 aromatic rings. The standard InChI is InChI=1S/C15H18N2O3/c1-11-4-3-9-17(11)15(20)16-13-6-2-5-12(10-13)7-8-14(18)19/h2,5-8,10-11H,3-4,9H2,1H3,(H,16,20)(H,18,19)/b8-7+. The maximum atomic E-state index is 12.1. The van der Waals surface area contributed by atoms with Crippen molar-refractivity contribution in [3.63, 3.8) is 0 Å². The van der Waals surface area contributed by atoms with Gasteiger partial charge < -0.3 is 15.3 Å². The number of carbonyl (C=O) groups excluding carboxylic acids is 1. The number of likely N-dealkylation sites (tertiary alicyclic amines) is 1. The third kappa shape index (κ3) is 3.60. The topological polar surface area (TPSA) is 69.6 Å². The maximum absolute atomic E-state index is 12.1. The average Bonchev–Trinajstić information content (AvgIpc) is 2.83. The van der Waals surface area contributed by atoms with Crippen LogP contribution in [-0.2, 0) is 4.79 Å². The Hall–Kier alpha value is -2.30. The van der Waals surface area contributed by atoms with Crippen LogP contribution < -0.4 is 5.32 Å². The minimum absolute atomic E-state index is 0.102. The Morgan fingerprint density at radius 2 is 2.25 bits per heavy atom. The van der Waals surface area contributed by atoms with E-state index in [0.29, 0.717) is 5.69 Å². The molecular formula is C15H18N2O3. The fourth-order valence-corrected chi connectivity index (χ4v) is 2.32. The smallest absolute Gasteiger partial charge is 0.328 e. The first-order valence-corrected chi connectivity index (χ1v) is 6.65. The van der Waals surface area contributed by atoms with Crippen LogP contribution in [0.5, 0.6) is 0 Å². The first kappa shape index (κ1) is 14.1. The fraction of sp³-hybridized carbons (Fsp3) is 0.333. The summed E-state index contributed by atoms with van der Waals surface area (Å²) in [4.78, 5) is 24.4. The van der Waals surface area contributed by atoms with Crippen LogP contribution >= 0.6 is 0 Å². The number of amides is 2. The number of carboxylic acid groups (broad SMARTS) is 1. The third-order valence-corrected chi connectivity index (χ3v) is 3.37. The summed E-state index contributed by atoms with van der Waals surface area (Å²) < 4.78 is 0. The summed E-state index contributed by atoms with van der Waals surface area (Å²) in [5.74, 6) is -0.995. The number of rotatable bonds is 3. The molecule has 2 amide bonds. The van der Waals surface area contributed by atoms with Gasteiger partial charge in [0.15, 0.2) is 0 Å². The van der Waals surface area contributed by atoms with Crippen LogP contribution in [0.15, 0.2) is 30.3 Å². The highest BCUT2D eigenvalue weighted by atomic mass is 16.4. The zero-order valence-electron chi connectivity index (χ0n) is 11.4. The van der Waals surface area contributed by atoms with E-state index in [9.17, 15) is 9.59 Å². The largest absolute Gasteiger partial charge is 0.478 e. The molecule has 0 bridgehead atoms. The van der Waals surface area contributed by atoms with E-state index in [1.54, 1.807) is 24.3 Å². The molecule has 1 atom stereocenters. The van der Waals surface area contributed by atoms with Gasteiger partial charge in [-0.3, -0.25) is 0 Å². The molecule has 1 aliphatic heterocycles. The van der Waals surface area contributed by atoms with E-state index in [1.807, 2.05) is 11.8 Å². The molecule has 20 heavy (non-hydrogen) atoms. The summed E-state index contributed by atoms with van der Waals surface area (Å²) in [6.45, 7) is 2.82. The number of nitrogens with zero attached hydrogens (tertiary/aromatic N) is 1. The van der Waals surface area contributed by atoms with Gasteiger partial charge in [0.05, 0.1) is 0 Å². The maximum Gasteiger partial charge on any atom is 0.328 e. The fourth-order valence-electron chi connectivity index (χ4n) is 2.32. The normalized spacial score (nSPS) is 18.4. The van der Waals surface area contributed by atoms with Crippen molar-refractivity contribution in [1.82, 2.24) is 4.90 Å². The van der Waals surface area contributed by atoms with Crippen LogP contribution in [0.4, 0.5) is 10.5 Å². The van der Waals surface area contributed by atoms with Gasteiger partial charge in [-0.2, -0.15) is 0 Å². The highest BCUT2D eigenvalue weighted by molar-refractivity contribution is 5.90. The molecule has 1 aromatic carbocycles. The van der Waals surface area contributed by atoms with E-state index in [1.165, 1.54) is 6.08 Å². The average molecular weight is 274 g/mol. The Balaban J connectivity index is 2.04. The summed E-state index contributed by atoms with van der Waals surface area (Å²) in [6, 6.07) is 7.27. The Bertz CT molecular complexity index is 540. The second kappa shape index (κ2) is 6.23. The monoisotopic (exact) mass is 274 g/mol. The van der Waals surface area contributed by atoms with Crippen LogP contribution in [-0.4, -0.2) is 34.6 Å². The van der Waals surface area contributed by atoms with Gasteiger partial charge in [0.1, 0.15) is 0 Å². The van der Waals surface area contributed by atoms with Crippen LogP contribution in [0.1, 0.15) is 25.3 Å². The lowest BCUT2D eigenvalue weighted by atomic mass is 10.2. The molecular weight excluding hydrogens is 256 g/mol. The summed E-state index contributed by atoms with van der Waals surface area (Å²) in [7, 11) is 0. The minimum atomic E-state index is -0.995. The molecule has 5 nitrogen and oxygen atoms in total. The number of carbonyl (C=O) groups is 2. The van der Waals surface area contributed by atoms with Gasteiger partial charge in [-0.05, 0) is 43.5 Å². The lowest BCUT2D eigenvalue weighted by Gasteiger charge is -2.21. The molecule has 2 N–H and O–H groups in total. The Morgan fingerprint density at radius 3 is 2.90 bits per heavy atom. The van der Waals surface area contributed by atoms with Gasteiger partial charge in [-0.1, -0.05) is 12.1 Å². The second-order valence-electron chi connectivity index (χ2n) is 4.91. The lowest BCUT2D eigenvalue weighted by Crippen LogP contribution is -2.37. The first-order valence-electron chi connectivity index (χ1n) is 6.65. The zero-order chi connectivity index (χ0) is 14.5. The molecule has 5 heteroatoms. The molecule has 1 aliphatic rings. The molecule has 2 rings (SSSR count). The number of carboxylic acids is 1. The van der Waals surface area contributed by atoms with Crippen molar-refractivity contribution in [2.45, 2.75) is 25.8 Å². The lowest BCUT2D eigenvalue weighted by molar-refractivity contribution is -0.131. The summed E-state index contributed by atoms with van der Waals surface area (Å²) in [5, 5.41) is 11.4. The van der Waals surface area contributed by atoms with Crippen LogP contribution in [0.3, 0.4) is 0 Å². The van der Waals surface area contributed by atoms with E-state index in [-0.39, 0.29) is 12.1 Å². The third-order valence-electron chi connectivity index (χ3n) is 3.37. The minimum Gasteiger partial charge on any atom is -0.478 e. The van der Waals surface area contributed by atoms with Crippen molar-refractivity contribution >= 4 is 23.8 Å². The van der Waals surface area contributed by atoms with Crippen molar-refractivity contribution in [3.05, 3.63) is 35.9 Å². The molecule has 0 saturated carbocycles. The number of benzene rings is 1. The Labute approximate surface area is 117 Å². The number of urea groups is 1. The number of hydrogen-bond acceptors (Lipinski definition) is 2. The quantitative estimate of drug-likeness (QED) is 0.833. The van der Waals surface area contributed by atoms with Crippen molar-refractivity contribution in [1.29, 1.82) is 0 Å². The van der Waals surface area contributed by atoms with Crippen molar-refractivity contribution in [2.24, 2.45) is 0 Å². The summed E-state index contributed by atoms with van der Waals surface area (Å²) >= 11 is 0. The number of hydrogen-bond donors (Lipinski definition) is 2. The molecule has 1 fully saturated rings. The van der Waals surface area contributed by atoms with Gasteiger partial charge >= 0.3 is 12.0 Å². The Morgan fingerprint density at radius 1 is 1.45 bits per heavy atom. The zero-order valence-corrected chi connectivity index (χ0v) is 11.4. The molecule has 1 unspecified atom stereocenters. The van der Waals surface area contributed by atoms with E-state index >= 15 is 0 Å². The molecule has 0 aromatic heterocycles. The highest BCUT2D eigenvalue weighted by Crippen LogP contribution is 2.19. The first-order chi connectivity index (χ1) is 9.56. The van der Waals surface area contributed by atoms with E-state index in [4.69, 9.17) is 5.11 Å². The molecule has 1 heterocycles. The number of aliphatic carboxylic acids is 1. The summed E-state index contributed by atoms with van der Waals surface area (Å²) in [5.41, 5.74) is 1.40. The number of nitrogens with one attached hydrogen (secondary N) is 1. The molecule has 0 radical (unpaired) electrons. The Kier molecular flexibility index (Phi) is 4.40. The van der Waals surface area contributed by atoms with Crippen molar-refractivity contribution in [3.8, 4) is 0 Å². The van der Waals surface area contributed by atoms with Crippen molar-refractivity contribution < 1.29 is 14.7 Å². The predicted octanol–water partition coefficient (Wildman–Crippen LogP) is 2.80. The van der Waals surface area contributed by atoms with Gasteiger partial charge in [0, 0.05) is 24.4 Å². The highest BCUT2D eigenvalue weighted by Gasteiger charge is 2.24. The predicted molar refractivity (Wildman–Crippen MR) is 77.5 cm³/mol. The van der Waals surface area contributed by atoms with E-state index < -0.39 is 5.97 Å². The SMILES string of the molecule is CC1CCCN1C(=O)Nc1cccc(/C=C/C(=O)O)c1.